The van der Waals surface area contributed by atoms with E-state index in [0.717, 1.165) is 18.5 Å². The molecule has 1 aromatic carbocycles. The molecule has 2 aromatic heterocycles. The van der Waals surface area contributed by atoms with Crippen LogP contribution in [0, 0.1) is 11.7 Å². The summed E-state index contributed by atoms with van der Waals surface area (Å²) in [6.07, 6.45) is -0.195. The van der Waals surface area contributed by atoms with Crippen LogP contribution in [0.4, 0.5) is 23.4 Å². The van der Waals surface area contributed by atoms with E-state index >= 15 is 4.39 Å². The van der Waals surface area contributed by atoms with Gasteiger partial charge in [0.1, 0.15) is 28.6 Å². The summed E-state index contributed by atoms with van der Waals surface area (Å²) in [7, 11) is -4.34. The number of piperidine rings is 1. The lowest BCUT2D eigenvalue weighted by Crippen LogP contribution is -2.44. The molecule has 5 rings (SSSR count). The quantitative estimate of drug-likeness (QED) is 0.473. The summed E-state index contributed by atoms with van der Waals surface area (Å²) in [5, 5.41) is 0. The van der Waals surface area contributed by atoms with Crippen LogP contribution in [0.1, 0.15) is 42.6 Å². The van der Waals surface area contributed by atoms with Crippen LogP contribution in [0.3, 0.4) is 0 Å². The first-order valence-electron chi connectivity index (χ1n) is 11.6. The van der Waals surface area contributed by atoms with Crippen LogP contribution < -0.4 is 9.46 Å². The Labute approximate surface area is 210 Å². The number of likely N-dealkylation sites (tertiary alicyclic amines) is 1. The average molecular weight is 538 g/mol. The number of benzene rings is 1. The number of fused-ring (bicyclic) bond motifs is 1. The van der Waals surface area contributed by atoms with E-state index in [1.54, 1.807) is 18.2 Å². The Kier molecular flexibility index (Phi) is 6.75. The Morgan fingerprint density at radius 1 is 1.05 bits per heavy atom. The van der Waals surface area contributed by atoms with Crippen molar-refractivity contribution in [2.75, 3.05) is 17.9 Å². The molecule has 0 bridgehead atoms. The summed E-state index contributed by atoms with van der Waals surface area (Å²) < 4.78 is 89.8. The van der Waals surface area contributed by atoms with Gasteiger partial charge >= 0.3 is 6.18 Å². The molecule has 1 saturated heterocycles. The zero-order valence-electron chi connectivity index (χ0n) is 19.4. The molecule has 0 spiro atoms. The van der Waals surface area contributed by atoms with Gasteiger partial charge in [0.2, 0.25) is 0 Å². The minimum Gasteiger partial charge on any atom is -0.493 e. The third-order valence-electron chi connectivity index (χ3n) is 6.72. The molecule has 0 aliphatic carbocycles. The number of nitrogens with zero attached hydrogens (tertiary/aromatic N) is 4. The highest BCUT2D eigenvalue weighted by Gasteiger charge is 2.47. The summed E-state index contributed by atoms with van der Waals surface area (Å²) >= 11 is 0. The monoisotopic (exact) mass is 537 g/mol. The summed E-state index contributed by atoms with van der Waals surface area (Å²) in [4.78, 5) is 13.1. The van der Waals surface area contributed by atoms with Gasteiger partial charge in [-0.25, -0.2) is 22.8 Å². The molecule has 4 heterocycles. The van der Waals surface area contributed by atoms with Crippen molar-refractivity contribution in [3.63, 3.8) is 0 Å². The number of hydrogen-bond acceptors (Lipinski definition) is 7. The maximum atomic E-state index is 15.3. The highest BCUT2D eigenvalue weighted by molar-refractivity contribution is 7.92. The molecule has 13 heteroatoms. The van der Waals surface area contributed by atoms with E-state index in [4.69, 9.17) is 4.74 Å². The molecule has 196 valence electrons. The molecule has 1 N–H and O–H groups in total. The smallest absolute Gasteiger partial charge is 0.391 e. The van der Waals surface area contributed by atoms with E-state index in [1.807, 2.05) is 4.90 Å². The predicted octanol–water partition coefficient (Wildman–Crippen LogP) is 4.65. The van der Waals surface area contributed by atoms with Gasteiger partial charge in [-0.15, -0.1) is 0 Å². The lowest BCUT2D eigenvalue weighted by atomic mass is 9.85. The molecular weight excluding hydrogens is 514 g/mol. The van der Waals surface area contributed by atoms with E-state index in [1.165, 1.54) is 18.5 Å². The largest absolute Gasteiger partial charge is 0.493 e. The number of sulfonamides is 1. The summed E-state index contributed by atoms with van der Waals surface area (Å²) in [5.74, 6) is -2.35. The molecule has 3 aromatic rings. The van der Waals surface area contributed by atoms with Crippen LogP contribution in [-0.2, 0) is 10.0 Å². The van der Waals surface area contributed by atoms with Crippen LogP contribution in [0.5, 0.6) is 5.75 Å². The molecule has 3 atom stereocenters. The first-order chi connectivity index (χ1) is 17.6. The number of anilines is 1. The fraction of sp³-hybridized carbons (Fsp3) is 0.375. The lowest BCUT2D eigenvalue weighted by Gasteiger charge is -2.45. The van der Waals surface area contributed by atoms with Crippen molar-refractivity contribution >= 4 is 15.8 Å². The second-order valence-electron chi connectivity index (χ2n) is 8.94. The maximum absolute atomic E-state index is 15.3. The number of halogens is 4. The number of pyridine rings is 1. The van der Waals surface area contributed by atoms with Gasteiger partial charge in [0.15, 0.2) is 0 Å². The van der Waals surface area contributed by atoms with E-state index in [-0.39, 0.29) is 37.6 Å². The second kappa shape index (κ2) is 9.86. The van der Waals surface area contributed by atoms with Crippen LogP contribution in [0.15, 0.2) is 60.0 Å². The normalized spacial score (nSPS) is 22.6. The Balaban J connectivity index is 1.49. The van der Waals surface area contributed by atoms with Gasteiger partial charge in [-0.1, -0.05) is 6.07 Å². The molecule has 3 unspecified atom stereocenters. The fourth-order valence-electron chi connectivity index (χ4n) is 4.98. The van der Waals surface area contributed by atoms with Gasteiger partial charge in [-0.05, 0) is 37.1 Å². The number of ether oxygens (including phenoxy) is 1. The Bertz CT molecular complexity index is 1360. The molecule has 2 aliphatic rings. The summed E-state index contributed by atoms with van der Waals surface area (Å²) in [5.41, 5.74) is 0.884. The third kappa shape index (κ3) is 5.23. The Morgan fingerprint density at radius 3 is 2.59 bits per heavy atom. The average Bonchev–Trinajstić information content (AvgIpc) is 2.88. The molecule has 8 nitrogen and oxygen atoms in total. The minimum atomic E-state index is -4.34. The van der Waals surface area contributed by atoms with Crippen molar-refractivity contribution in [1.82, 2.24) is 19.9 Å². The lowest BCUT2D eigenvalue weighted by molar-refractivity contribution is -0.192. The topological polar surface area (TPSA) is 97.3 Å². The maximum Gasteiger partial charge on any atom is 0.391 e. The van der Waals surface area contributed by atoms with Crippen molar-refractivity contribution in [3.8, 4) is 5.75 Å². The number of hydrogen-bond donors (Lipinski definition) is 1. The van der Waals surface area contributed by atoms with Crippen LogP contribution in [0.2, 0.25) is 0 Å². The Morgan fingerprint density at radius 2 is 1.89 bits per heavy atom. The highest BCUT2D eigenvalue weighted by atomic mass is 32.2. The zero-order valence-corrected chi connectivity index (χ0v) is 20.2. The van der Waals surface area contributed by atoms with E-state index in [2.05, 4.69) is 19.7 Å². The van der Waals surface area contributed by atoms with Gasteiger partial charge in [-0.3, -0.25) is 14.6 Å². The van der Waals surface area contributed by atoms with Gasteiger partial charge in [0.25, 0.3) is 10.0 Å². The van der Waals surface area contributed by atoms with E-state index in [9.17, 15) is 21.6 Å². The van der Waals surface area contributed by atoms with Crippen LogP contribution in [0.25, 0.3) is 0 Å². The number of rotatable bonds is 5. The van der Waals surface area contributed by atoms with Gasteiger partial charge in [-0.2, -0.15) is 13.2 Å². The first-order valence-corrected chi connectivity index (χ1v) is 13.1. The van der Waals surface area contributed by atoms with E-state index in [0.29, 0.717) is 17.7 Å². The molecule has 0 amide bonds. The van der Waals surface area contributed by atoms with Crippen LogP contribution >= 0.6 is 0 Å². The molecule has 0 saturated carbocycles. The first kappa shape index (κ1) is 25.3. The standard InChI is InChI=1S/C24H23F4N5O3S/c25-17-12-16-19(33-9-5-15(24(26,27)28)11-20(33)18-3-1-2-7-30-18)6-10-36-21(16)13-22(17)37(34,35)32-23-4-8-29-14-31-23/h1-4,7-8,12-15,19-20H,5-6,9-11H2,(H,29,31,32). The van der Waals surface area contributed by atoms with Gasteiger partial charge < -0.3 is 4.74 Å². The molecular formula is C24H23F4N5O3S. The van der Waals surface area contributed by atoms with Gasteiger partial charge in [0, 0.05) is 43.0 Å². The zero-order chi connectivity index (χ0) is 26.2. The second-order valence-corrected chi connectivity index (χ2v) is 10.6. The third-order valence-corrected chi connectivity index (χ3v) is 8.09. The molecule has 1 fully saturated rings. The van der Waals surface area contributed by atoms with Crippen LogP contribution in [-0.4, -0.2) is 47.6 Å². The SMILES string of the molecule is O=S(=O)(Nc1ccncn1)c1cc2c(cc1F)C(N1CCC(C(F)(F)F)CC1c1ccccn1)CCO2. The number of alkyl halides is 3. The molecule has 2 aliphatic heterocycles. The van der Waals surface area contributed by atoms with Crippen molar-refractivity contribution in [2.45, 2.75) is 42.4 Å². The van der Waals surface area contributed by atoms with Crippen molar-refractivity contribution in [2.24, 2.45) is 5.92 Å². The minimum absolute atomic E-state index is 0.0309. The molecule has 37 heavy (non-hydrogen) atoms. The highest BCUT2D eigenvalue weighted by Crippen LogP contribution is 2.48. The van der Waals surface area contributed by atoms with Crippen molar-refractivity contribution in [3.05, 3.63) is 72.2 Å². The number of aromatic nitrogens is 3. The summed E-state index contributed by atoms with van der Waals surface area (Å²) in [6, 6.07) is 7.49. The summed E-state index contributed by atoms with van der Waals surface area (Å²) in [6.45, 7) is 0.308. The van der Waals surface area contributed by atoms with Crippen molar-refractivity contribution in [1.29, 1.82) is 0 Å². The fourth-order valence-corrected chi connectivity index (χ4v) is 6.07. The molecule has 0 radical (unpaired) electrons. The van der Waals surface area contributed by atoms with Crippen molar-refractivity contribution < 1.29 is 30.7 Å². The predicted molar refractivity (Wildman–Crippen MR) is 125 cm³/mol. The number of nitrogens with one attached hydrogen (secondary N) is 1. The Hall–Kier alpha value is -3.32. The van der Waals surface area contributed by atoms with E-state index < -0.39 is 44.9 Å². The van der Waals surface area contributed by atoms with Gasteiger partial charge in [0.05, 0.1) is 24.3 Å².